The van der Waals surface area contributed by atoms with Gasteiger partial charge in [0.2, 0.25) is 5.95 Å². The number of thioether (sulfide) groups is 1. The second kappa shape index (κ2) is 6.02. The summed E-state index contributed by atoms with van der Waals surface area (Å²) in [5.41, 5.74) is 4.17. The van der Waals surface area contributed by atoms with Gasteiger partial charge in [-0.3, -0.25) is 4.79 Å². The number of carbonyl (C=O) groups excluding carboxylic acids is 1. The molecule has 4 nitrogen and oxygen atoms in total. The van der Waals surface area contributed by atoms with E-state index in [1.165, 1.54) is 4.90 Å². The number of hydrogen-bond acceptors (Lipinski definition) is 4. The lowest BCUT2D eigenvalue weighted by Crippen LogP contribution is -2.38. The molecule has 5 rings (SSSR count). The molecule has 0 amide bonds. The van der Waals surface area contributed by atoms with Crippen molar-refractivity contribution in [3.05, 3.63) is 65.9 Å². The fourth-order valence-corrected chi connectivity index (χ4v) is 4.54. The zero-order valence-corrected chi connectivity index (χ0v) is 15.3. The molecule has 0 radical (unpaired) electrons. The standard InChI is InChI=1S/C21H19N3OS/c1-26-14-11-9-13(10-12-14)20-19-16(6-4-8-18(19)25)23-21-22-15-5-2-3-7-17(15)24(20)21/h2-3,5-7,9-12,19-20H,4,8H2,1H3,(H,22,23)/t19-,20-/m0/s1. The van der Waals surface area contributed by atoms with Crippen molar-refractivity contribution in [2.45, 2.75) is 23.8 Å². The summed E-state index contributed by atoms with van der Waals surface area (Å²) < 4.78 is 2.20. The average Bonchev–Trinajstić information content (AvgIpc) is 3.05. The number of imidazole rings is 1. The molecular formula is C21H19N3OS. The van der Waals surface area contributed by atoms with E-state index in [2.05, 4.69) is 52.5 Å². The quantitative estimate of drug-likeness (QED) is 0.676. The Morgan fingerprint density at radius 3 is 2.77 bits per heavy atom. The molecule has 1 N–H and O–H groups in total. The Morgan fingerprint density at radius 1 is 1.15 bits per heavy atom. The molecule has 2 atom stereocenters. The van der Waals surface area contributed by atoms with Gasteiger partial charge in [0.05, 0.1) is 23.0 Å². The normalized spacial score (nSPS) is 21.7. The van der Waals surface area contributed by atoms with Gasteiger partial charge in [0, 0.05) is 17.0 Å². The van der Waals surface area contributed by atoms with Gasteiger partial charge in [0.1, 0.15) is 5.78 Å². The molecular weight excluding hydrogens is 342 g/mol. The zero-order valence-electron chi connectivity index (χ0n) is 14.5. The molecule has 5 heteroatoms. The number of Topliss-reactive ketones (excluding diaryl/α,β-unsaturated/α-hetero) is 1. The van der Waals surface area contributed by atoms with E-state index in [0.29, 0.717) is 12.2 Å². The van der Waals surface area contributed by atoms with Gasteiger partial charge in [-0.15, -0.1) is 11.8 Å². The first-order valence-corrected chi connectivity index (χ1v) is 10.1. The van der Waals surface area contributed by atoms with Crippen LogP contribution in [0.4, 0.5) is 5.95 Å². The summed E-state index contributed by atoms with van der Waals surface area (Å²) in [6.07, 6.45) is 5.65. The van der Waals surface area contributed by atoms with E-state index in [0.717, 1.165) is 34.7 Å². The van der Waals surface area contributed by atoms with Crippen molar-refractivity contribution in [2.75, 3.05) is 11.6 Å². The van der Waals surface area contributed by atoms with Gasteiger partial charge in [-0.1, -0.05) is 30.3 Å². The first-order chi connectivity index (χ1) is 12.8. The van der Waals surface area contributed by atoms with Crippen molar-refractivity contribution in [3.8, 4) is 0 Å². The molecule has 0 saturated heterocycles. The Morgan fingerprint density at radius 2 is 1.96 bits per heavy atom. The minimum atomic E-state index is -0.172. The van der Waals surface area contributed by atoms with E-state index in [1.54, 1.807) is 11.8 Å². The van der Waals surface area contributed by atoms with Gasteiger partial charge in [0.25, 0.3) is 0 Å². The molecule has 1 aliphatic carbocycles. The summed E-state index contributed by atoms with van der Waals surface area (Å²) in [4.78, 5) is 18.9. The van der Waals surface area contributed by atoms with E-state index in [9.17, 15) is 4.79 Å². The third-order valence-electron chi connectivity index (χ3n) is 5.34. The number of carbonyl (C=O) groups is 1. The predicted molar refractivity (Wildman–Crippen MR) is 106 cm³/mol. The molecule has 1 aromatic heterocycles. The summed E-state index contributed by atoms with van der Waals surface area (Å²) in [7, 11) is 0. The number of hydrogen-bond donors (Lipinski definition) is 1. The Labute approximate surface area is 156 Å². The maximum atomic E-state index is 12.9. The maximum Gasteiger partial charge on any atom is 0.208 e. The highest BCUT2D eigenvalue weighted by Crippen LogP contribution is 2.44. The number of benzene rings is 2. The lowest BCUT2D eigenvalue weighted by molar-refractivity contribution is -0.123. The van der Waals surface area contributed by atoms with Crippen LogP contribution in [-0.4, -0.2) is 21.6 Å². The predicted octanol–water partition coefficient (Wildman–Crippen LogP) is 4.64. The smallest absolute Gasteiger partial charge is 0.208 e. The van der Waals surface area contributed by atoms with Crippen molar-refractivity contribution in [2.24, 2.45) is 5.92 Å². The van der Waals surface area contributed by atoms with Crippen LogP contribution >= 0.6 is 11.8 Å². The Bertz CT molecular complexity index is 1040. The van der Waals surface area contributed by atoms with Crippen molar-refractivity contribution in [1.82, 2.24) is 9.55 Å². The SMILES string of the molecule is CSc1ccc([C@H]2[C@@H]3C(=O)CCC=C3Nc3nc4ccccc4n32)cc1. The molecule has 0 unspecified atom stereocenters. The highest BCUT2D eigenvalue weighted by molar-refractivity contribution is 7.98. The van der Waals surface area contributed by atoms with Gasteiger partial charge in [-0.05, 0) is 42.5 Å². The van der Waals surface area contributed by atoms with Gasteiger partial charge in [-0.2, -0.15) is 0 Å². The number of allylic oxidation sites excluding steroid dienone is 2. The van der Waals surface area contributed by atoms with Crippen LogP contribution in [0.5, 0.6) is 0 Å². The fourth-order valence-electron chi connectivity index (χ4n) is 4.14. The minimum absolute atomic E-state index is 0.0615. The largest absolute Gasteiger partial charge is 0.329 e. The van der Waals surface area contributed by atoms with E-state index in [4.69, 9.17) is 4.98 Å². The molecule has 0 fully saturated rings. The van der Waals surface area contributed by atoms with E-state index < -0.39 is 0 Å². The first-order valence-electron chi connectivity index (χ1n) is 8.87. The van der Waals surface area contributed by atoms with Crippen LogP contribution in [0.15, 0.2) is 65.2 Å². The summed E-state index contributed by atoms with van der Waals surface area (Å²) >= 11 is 1.73. The van der Waals surface area contributed by atoms with Gasteiger partial charge in [0.15, 0.2) is 0 Å². The average molecular weight is 361 g/mol. The molecule has 2 heterocycles. The fraction of sp³-hybridized carbons (Fsp3) is 0.238. The van der Waals surface area contributed by atoms with Gasteiger partial charge >= 0.3 is 0 Å². The molecule has 130 valence electrons. The second-order valence-corrected chi connectivity index (χ2v) is 7.66. The highest BCUT2D eigenvalue weighted by Gasteiger charge is 2.41. The van der Waals surface area contributed by atoms with Crippen LogP contribution in [0, 0.1) is 5.92 Å². The lowest BCUT2D eigenvalue weighted by atomic mass is 9.80. The summed E-state index contributed by atoms with van der Waals surface area (Å²) in [6, 6.07) is 16.7. The molecule has 3 aromatic rings. The van der Waals surface area contributed by atoms with E-state index in [1.807, 2.05) is 18.2 Å². The first kappa shape index (κ1) is 15.7. The summed E-state index contributed by atoms with van der Waals surface area (Å²) in [6.45, 7) is 0. The van der Waals surface area contributed by atoms with Crippen LogP contribution in [-0.2, 0) is 4.79 Å². The molecule has 0 bridgehead atoms. The van der Waals surface area contributed by atoms with Crippen molar-refractivity contribution < 1.29 is 4.79 Å². The number of nitrogens with one attached hydrogen (secondary N) is 1. The Hall–Kier alpha value is -2.53. The third kappa shape index (κ3) is 2.31. The van der Waals surface area contributed by atoms with Crippen LogP contribution in [0.3, 0.4) is 0 Å². The van der Waals surface area contributed by atoms with Crippen molar-refractivity contribution in [3.63, 3.8) is 0 Å². The van der Waals surface area contributed by atoms with Crippen molar-refractivity contribution in [1.29, 1.82) is 0 Å². The Kier molecular flexibility index (Phi) is 3.64. The molecule has 2 aromatic carbocycles. The maximum absolute atomic E-state index is 12.9. The molecule has 2 aliphatic rings. The van der Waals surface area contributed by atoms with Crippen LogP contribution in [0.1, 0.15) is 24.4 Å². The lowest BCUT2D eigenvalue weighted by Gasteiger charge is -2.37. The Balaban J connectivity index is 1.76. The number of para-hydroxylation sites is 2. The number of nitrogens with zero attached hydrogens (tertiary/aromatic N) is 2. The van der Waals surface area contributed by atoms with Gasteiger partial charge < -0.3 is 9.88 Å². The number of rotatable bonds is 2. The number of ketones is 1. The number of anilines is 1. The summed E-state index contributed by atoms with van der Waals surface area (Å²) in [5.74, 6) is 0.953. The topological polar surface area (TPSA) is 46.9 Å². The zero-order chi connectivity index (χ0) is 17.7. The highest BCUT2D eigenvalue weighted by atomic mass is 32.2. The van der Waals surface area contributed by atoms with Crippen LogP contribution < -0.4 is 5.32 Å². The number of fused-ring (bicyclic) bond motifs is 4. The third-order valence-corrected chi connectivity index (χ3v) is 6.08. The van der Waals surface area contributed by atoms with Crippen LogP contribution in [0.2, 0.25) is 0 Å². The molecule has 0 saturated carbocycles. The molecule has 1 aliphatic heterocycles. The van der Waals surface area contributed by atoms with E-state index in [-0.39, 0.29) is 12.0 Å². The summed E-state index contributed by atoms with van der Waals surface area (Å²) in [5, 5.41) is 3.43. The second-order valence-electron chi connectivity index (χ2n) is 6.78. The van der Waals surface area contributed by atoms with Crippen LogP contribution in [0.25, 0.3) is 11.0 Å². The minimum Gasteiger partial charge on any atom is -0.329 e. The molecule has 26 heavy (non-hydrogen) atoms. The monoisotopic (exact) mass is 361 g/mol. The van der Waals surface area contributed by atoms with Crippen molar-refractivity contribution >= 4 is 34.5 Å². The molecule has 0 spiro atoms. The van der Waals surface area contributed by atoms with E-state index >= 15 is 0 Å². The van der Waals surface area contributed by atoms with Gasteiger partial charge in [-0.25, -0.2) is 4.98 Å². The number of aromatic nitrogens is 2.